The van der Waals surface area contributed by atoms with Gasteiger partial charge in [-0.15, -0.1) is 0 Å². The highest BCUT2D eigenvalue weighted by atomic mass is 16.5. The molecule has 0 spiro atoms. The zero-order valence-electron chi connectivity index (χ0n) is 11.7. The summed E-state index contributed by atoms with van der Waals surface area (Å²) in [6.45, 7) is 11.8. The van der Waals surface area contributed by atoms with Gasteiger partial charge < -0.3 is 10.1 Å². The van der Waals surface area contributed by atoms with Crippen molar-refractivity contribution in [3.8, 4) is 0 Å². The lowest BCUT2D eigenvalue weighted by molar-refractivity contribution is 0.142. The molecule has 2 heteroatoms. The van der Waals surface area contributed by atoms with E-state index < -0.39 is 0 Å². The minimum atomic E-state index is 0.710. The maximum Gasteiger partial charge on any atom is 0.0465 e. The highest BCUT2D eigenvalue weighted by Gasteiger charge is 2.09. The molecule has 0 bridgehead atoms. The van der Waals surface area contributed by atoms with Crippen LogP contribution in [0.25, 0.3) is 0 Å². The standard InChI is InChI=1S/C14H31NO/c1-5-10-15-14(12-13(3)4)9-7-8-11-16-6-2/h13-15H,5-12H2,1-4H3. The molecule has 0 fully saturated rings. The monoisotopic (exact) mass is 229 g/mol. The molecule has 0 aliphatic rings. The molecule has 0 amide bonds. The van der Waals surface area contributed by atoms with E-state index in [1.165, 1.54) is 32.1 Å². The normalized spacial score (nSPS) is 13.3. The molecule has 1 unspecified atom stereocenters. The molecule has 0 radical (unpaired) electrons. The van der Waals surface area contributed by atoms with Crippen molar-refractivity contribution in [1.29, 1.82) is 0 Å². The van der Waals surface area contributed by atoms with Gasteiger partial charge in [0.25, 0.3) is 0 Å². The van der Waals surface area contributed by atoms with Gasteiger partial charge in [-0.25, -0.2) is 0 Å². The van der Waals surface area contributed by atoms with Crippen LogP contribution in [-0.2, 0) is 4.74 Å². The predicted molar refractivity (Wildman–Crippen MR) is 71.9 cm³/mol. The van der Waals surface area contributed by atoms with Crippen LogP contribution in [0.1, 0.15) is 59.8 Å². The molecule has 0 aromatic heterocycles. The summed E-state index contributed by atoms with van der Waals surface area (Å²) in [5.74, 6) is 0.793. The second-order valence-electron chi connectivity index (χ2n) is 4.97. The number of unbranched alkanes of at least 4 members (excludes halogenated alkanes) is 1. The Kier molecular flexibility index (Phi) is 11.3. The maximum absolute atomic E-state index is 5.36. The van der Waals surface area contributed by atoms with Crippen LogP contribution in [0.3, 0.4) is 0 Å². The van der Waals surface area contributed by atoms with Crippen molar-refractivity contribution in [3.63, 3.8) is 0 Å². The van der Waals surface area contributed by atoms with Gasteiger partial charge in [0.1, 0.15) is 0 Å². The van der Waals surface area contributed by atoms with Gasteiger partial charge in [-0.1, -0.05) is 20.8 Å². The minimum absolute atomic E-state index is 0.710. The molecule has 1 atom stereocenters. The summed E-state index contributed by atoms with van der Waals surface area (Å²) in [7, 11) is 0. The van der Waals surface area contributed by atoms with Gasteiger partial charge in [-0.3, -0.25) is 0 Å². The third-order valence-electron chi connectivity index (χ3n) is 2.73. The molecule has 0 saturated carbocycles. The third kappa shape index (κ3) is 10.4. The smallest absolute Gasteiger partial charge is 0.0465 e. The minimum Gasteiger partial charge on any atom is -0.382 e. The van der Waals surface area contributed by atoms with Crippen LogP contribution >= 0.6 is 0 Å². The van der Waals surface area contributed by atoms with Crippen LogP contribution in [-0.4, -0.2) is 25.8 Å². The Morgan fingerprint density at radius 3 is 2.44 bits per heavy atom. The van der Waals surface area contributed by atoms with Gasteiger partial charge in [0.05, 0.1) is 0 Å². The summed E-state index contributed by atoms with van der Waals surface area (Å²) >= 11 is 0. The van der Waals surface area contributed by atoms with E-state index in [9.17, 15) is 0 Å². The average Bonchev–Trinajstić information content (AvgIpc) is 2.24. The topological polar surface area (TPSA) is 21.3 Å². The fourth-order valence-corrected chi connectivity index (χ4v) is 1.96. The Balaban J connectivity index is 3.56. The fraction of sp³-hybridized carbons (Fsp3) is 1.00. The van der Waals surface area contributed by atoms with Gasteiger partial charge in [-0.05, 0) is 51.5 Å². The highest BCUT2D eigenvalue weighted by Crippen LogP contribution is 2.11. The van der Waals surface area contributed by atoms with Gasteiger partial charge in [0.2, 0.25) is 0 Å². The number of hydrogen-bond donors (Lipinski definition) is 1. The van der Waals surface area contributed by atoms with Crippen molar-refractivity contribution in [2.45, 2.75) is 65.8 Å². The molecule has 1 N–H and O–H groups in total. The zero-order valence-corrected chi connectivity index (χ0v) is 11.7. The van der Waals surface area contributed by atoms with E-state index in [0.717, 1.165) is 25.7 Å². The molecule has 0 saturated heterocycles. The molecule has 0 heterocycles. The lowest BCUT2D eigenvalue weighted by Gasteiger charge is -2.20. The molecule has 98 valence electrons. The summed E-state index contributed by atoms with van der Waals surface area (Å²) in [6, 6.07) is 0.710. The van der Waals surface area contributed by atoms with Crippen LogP contribution in [0.5, 0.6) is 0 Å². The Hall–Kier alpha value is -0.0800. The molecule has 0 aromatic rings. The Morgan fingerprint density at radius 1 is 1.12 bits per heavy atom. The van der Waals surface area contributed by atoms with Crippen molar-refractivity contribution >= 4 is 0 Å². The van der Waals surface area contributed by atoms with E-state index in [1.54, 1.807) is 0 Å². The summed E-state index contributed by atoms with van der Waals surface area (Å²) in [5.41, 5.74) is 0. The Morgan fingerprint density at radius 2 is 1.88 bits per heavy atom. The number of nitrogens with one attached hydrogen (secondary N) is 1. The van der Waals surface area contributed by atoms with Crippen molar-refractivity contribution < 1.29 is 4.74 Å². The van der Waals surface area contributed by atoms with E-state index >= 15 is 0 Å². The molecule has 0 aromatic carbocycles. The lowest BCUT2D eigenvalue weighted by atomic mass is 9.99. The van der Waals surface area contributed by atoms with Gasteiger partial charge in [0, 0.05) is 19.3 Å². The first-order valence-electron chi connectivity index (χ1n) is 7.01. The van der Waals surface area contributed by atoms with Crippen LogP contribution in [0, 0.1) is 5.92 Å². The van der Waals surface area contributed by atoms with E-state index in [-0.39, 0.29) is 0 Å². The second-order valence-corrected chi connectivity index (χ2v) is 4.97. The van der Waals surface area contributed by atoms with E-state index in [1.807, 2.05) is 0 Å². The van der Waals surface area contributed by atoms with Gasteiger partial charge in [0.15, 0.2) is 0 Å². The molecule has 2 nitrogen and oxygen atoms in total. The first-order chi connectivity index (χ1) is 7.70. The number of ether oxygens (including phenoxy) is 1. The summed E-state index contributed by atoms with van der Waals surface area (Å²) in [6.07, 6.45) is 6.32. The average molecular weight is 229 g/mol. The Bertz CT molecular complexity index is 137. The van der Waals surface area contributed by atoms with Gasteiger partial charge >= 0.3 is 0 Å². The summed E-state index contributed by atoms with van der Waals surface area (Å²) < 4.78 is 5.36. The fourth-order valence-electron chi connectivity index (χ4n) is 1.96. The SMILES string of the molecule is CCCNC(CCCCOCC)CC(C)C. The van der Waals surface area contributed by atoms with Crippen LogP contribution in [0.2, 0.25) is 0 Å². The van der Waals surface area contributed by atoms with Crippen LogP contribution in [0.4, 0.5) is 0 Å². The molecule has 16 heavy (non-hydrogen) atoms. The number of hydrogen-bond acceptors (Lipinski definition) is 2. The largest absolute Gasteiger partial charge is 0.382 e. The summed E-state index contributed by atoms with van der Waals surface area (Å²) in [4.78, 5) is 0. The van der Waals surface area contributed by atoms with E-state index in [4.69, 9.17) is 4.74 Å². The molecule has 0 aliphatic heterocycles. The summed E-state index contributed by atoms with van der Waals surface area (Å²) in [5, 5.41) is 3.65. The first kappa shape index (κ1) is 15.9. The van der Waals surface area contributed by atoms with E-state index in [0.29, 0.717) is 6.04 Å². The highest BCUT2D eigenvalue weighted by molar-refractivity contribution is 4.68. The van der Waals surface area contributed by atoms with Crippen molar-refractivity contribution in [1.82, 2.24) is 5.32 Å². The third-order valence-corrected chi connectivity index (χ3v) is 2.73. The number of rotatable bonds is 11. The molecule has 0 aliphatic carbocycles. The van der Waals surface area contributed by atoms with E-state index in [2.05, 4.69) is 33.0 Å². The quantitative estimate of drug-likeness (QED) is 0.547. The zero-order chi connectivity index (χ0) is 12.2. The molecular weight excluding hydrogens is 198 g/mol. The molecular formula is C14H31NO. The lowest BCUT2D eigenvalue weighted by Crippen LogP contribution is -2.31. The van der Waals surface area contributed by atoms with Crippen molar-refractivity contribution in [2.75, 3.05) is 19.8 Å². The molecule has 0 rings (SSSR count). The second kappa shape index (κ2) is 11.4. The first-order valence-corrected chi connectivity index (χ1v) is 7.01. The van der Waals surface area contributed by atoms with Crippen molar-refractivity contribution in [3.05, 3.63) is 0 Å². The van der Waals surface area contributed by atoms with Gasteiger partial charge in [-0.2, -0.15) is 0 Å². The van der Waals surface area contributed by atoms with Crippen molar-refractivity contribution in [2.24, 2.45) is 5.92 Å². The predicted octanol–water partition coefficient (Wildman–Crippen LogP) is 3.61. The van der Waals surface area contributed by atoms with Crippen LogP contribution in [0.15, 0.2) is 0 Å². The Labute approximate surface area is 102 Å². The van der Waals surface area contributed by atoms with Crippen LogP contribution < -0.4 is 5.32 Å². The maximum atomic E-state index is 5.36.